The summed E-state index contributed by atoms with van der Waals surface area (Å²) >= 11 is 0. The predicted octanol–water partition coefficient (Wildman–Crippen LogP) is 1.10. The van der Waals surface area contributed by atoms with Crippen LogP contribution in [-0.2, 0) is 27.5 Å². The van der Waals surface area contributed by atoms with Crippen molar-refractivity contribution in [3.8, 4) is 5.75 Å². The Bertz CT molecular complexity index is 898. The number of anilines is 1. The third-order valence-corrected chi connectivity index (χ3v) is 4.25. The number of rotatable bonds is 11. The highest BCUT2D eigenvalue weighted by atomic mass is 16.5. The molecule has 0 aliphatic carbocycles. The van der Waals surface area contributed by atoms with E-state index in [0.29, 0.717) is 30.1 Å². The molecule has 11 heteroatoms. The van der Waals surface area contributed by atoms with Gasteiger partial charge in [-0.05, 0) is 24.5 Å². The molecule has 0 unspecified atom stereocenters. The van der Waals surface area contributed by atoms with Gasteiger partial charge in [0.25, 0.3) is 5.91 Å². The first-order valence-corrected chi connectivity index (χ1v) is 9.90. The second kappa shape index (κ2) is 11.6. The van der Waals surface area contributed by atoms with Crippen molar-refractivity contribution >= 4 is 23.4 Å². The molecular formula is C20H28N6O5. The lowest BCUT2D eigenvalue weighted by Crippen LogP contribution is -2.42. The van der Waals surface area contributed by atoms with Gasteiger partial charge in [-0.25, -0.2) is 5.48 Å². The number of hydrogen-bond acceptors (Lipinski definition) is 7. The molecule has 0 saturated carbocycles. The fourth-order valence-corrected chi connectivity index (χ4v) is 2.85. The average molecular weight is 432 g/mol. The topological polar surface area (TPSA) is 147 Å². The van der Waals surface area contributed by atoms with Crippen LogP contribution in [0.2, 0.25) is 0 Å². The number of amides is 3. The Balaban J connectivity index is 1.85. The monoisotopic (exact) mass is 432 g/mol. The Labute approximate surface area is 180 Å². The molecule has 11 nitrogen and oxygen atoms in total. The maximum absolute atomic E-state index is 12.3. The number of benzene rings is 1. The predicted molar refractivity (Wildman–Crippen MR) is 111 cm³/mol. The molecule has 0 fully saturated rings. The Kier molecular flexibility index (Phi) is 8.94. The molecule has 0 aliphatic heterocycles. The van der Waals surface area contributed by atoms with Crippen LogP contribution in [0.15, 0.2) is 30.5 Å². The largest absolute Gasteiger partial charge is 0.485 e. The van der Waals surface area contributed by atoms with Gasteiger partial charge in [-0.2, -0.15) is 0 Å². The molecule has 3 amide bonds. The number of carbonyl (C=O) groups excluding carboxylic acids is 3. The first kappa shape index (κ1) is 23.8. The second-order valence-electron chi connectivity index (χ2n) is 7.39. The summed E-state index contributed by atoms with van der Waals surface area (Å²) in [6, 6.07) is 7.06. The number of carbonyl (C=O) groups is 3. The summed E-state index contributed by atoms with van der Waals surface area (Å²) in [5.41, 5.74) is 2.67. The van der Waals surface area contributed by atoms with E-state index in [2.05, 4.69) is 20.9 Å². The Morgan fingerprint density at radius 3 is 2.61 bits per heavy atom. The van der Waals surface area contributed by atoms with Crippen LogP contribution in [0.25, 0.3) is 0 Å². The number of hydroxylamine groups is 1. The molecule has 0 bridgehead atoms. The average Bonchev–Trinajstić information content (AvgIpc) is 3.18. The fraction of sp³-hybridized carbons (Fsp3) is 0.450. The number of ether oxygens (including phenoxy) is 1. The molecule has 168 valence electrons. The van der Waals surface area contributed by atoms with Crippen molar-refractivity contribution in [3.63, 3.8) is 0 Å². The van der Waals surface area contributed by atoms with Crippen molar-refractivity contribution in [1.82, 2.24) is 25.8 Å². The molecule has 1 atom stereocenters. The maximum Gasteiger partial charge on any atom is 0.255 e. The van der Waals surface area contributed by atoms with Gasteiger partial charge in [0, 0.05) is 13.5 Å². The van der Waals surface area contributed by atoms with E-state index in [1.165, 1.54) is 6.92 Å². The Morgan fingerprint density at radius 2 is 1.94 bits per heavy atom. The number of hydrogen-bond donors (Lipinski definition) is 4. The fourth-order valence-electron chi connectivity index (χ4n) is 2.85. The SMILES string of the molecule is CC(=O)Nc1ccccc1OCc1cn(CCNC(=O)[C@@H](CC(C)C)C(=O)NO)nn1. The van der Waals surface area contributed by atoms with E-state index in [4.69, 9.17) is 9.94 Å². The Hall–Kier alpha value is -3.47. The van der Waals surface area contributed by atoms with E-state index >= 15 is 0 Å². The van der Waals surface area contributed by atoms with E-state index in [1.54, 1.807) is 40.6 Å². The molecule has 31 heavy (non-hydrogen) atoms. The molecule has 1 aromatic heterocycles. The zero-order valence-corrected chi connectivity index (χ0v) is 17.8. The van der Waals surface area contributed by atoms with E-state index in [1.807, 2.05) is 13.8 Å². The summed E-state index contributed by atoms with van der Waals surface area (Å²) in [4.78, 5) is 35.3. The molecule has 0 spiro atoms. The van der Waals surface area contributed by atoms with Crippen molar-refractivity contribution in [1.29, 1.82) is 0 Å². The van der Waals surface area contributed by atoms with Gasteiger partial charge in [0.1, 0.15) is 24.0 Å². The number of nitrogens with zero attached hydrogens (tertiary/aromatic N) is 3. The van der Waals surface area contributed by atoms with Gasteiger partial charge in [0.05, 0.1) is 18.4 Å². The summed E-state index contributed by atoms with van der Waals surface area (Å²) in [5.74, 6) is -1.73. The van der Waals surface area contributed by atoms with Gasteiger partial charge in [-0.1, -0.05) is 31.2 Å². The highest BCUT2D eigenvalue weighted by molar-refractivity contribution is 5.99. The zero-order chi connectivity index (χ0) is 22.8. The molecule has 0 saturated heterocycles. The van der Waals surface area contributed by atoms with Crippen molar-refractivity contribution in [2.75, 3.05) is 11.9 Å². The summed E-state index contributed by atoms with van der Waals surface area (Å²) < 4.78 is 7.26. The first-order chi connectivity index (χ1) is 14.8. The minimum Gasteiger partial charge on any atom is -0.485 e. The van der Waals surface area contributed by atoms with Gasteiger partial charge in [0.2, 0.25) is 11.8 Å². The molecule has 1 heterocycles. The summed E-state index contributed by atoms with van der Waals surface area (Å²) in [7, 11) is 0. The lowest BCUT2D eigenvalue weighted by molar-refractivity contribution is -0.141. The third-order valence-electron chi connectivity index (χ3n) is 4.25. The minimum absolute atomic E-state index is 0.113. The molecule has 2 rings (SSSR count). The maximum atomic E-state index is 12.3. The van der Waals surface area contributed by atoms with Gasteiger partial charge in [-0.3, -0.25) is 24.3 Å². The van der Waals surface area contributed by atoms with Crippen molar-refractivity contribution in [3.05, 3.63) is 36.2 Å². The van der Waals surface area contributed by atoms with Crippen LogP contribution in [0, 0.1) is 11.8 Å². The zero-order valence-electron chi connectivity index (χ0n) is 17.8. The third kappa shape index (κ3) is 7.70. The van der Waals surface area contributed by atoms with Crippen LogP contribution >= 0.6 is 0 Å². The molecule has 4 N–H and O–H groups in total. The van der Waals surface area contributed by atoms with E-state index < -0.39 is 17.7 Å². The van der Waals surface area contributed by atoms with Gasteiger partial charge in [-0.15, -0.1) is 5.10 Å². The number of nitrogens with one attached hydrogen (secondary N) is 3. The second-order valence-corrected chi connectivity index (χ2v) is 7.39. The summed E-state index contributed by atoms with van der Waals surface area (Å²) in [6.07, 6.45) is 2.00. The lowest BCUT2D eigenvalue weighted by Gasteiger charge is -2.16. The number of aromatic nitrogens is 3. The summed E-state index contributed by atoms with van der Waals surface area (Å²) in [5, 5.41) is 22.2. The van der Waals surface area contributed by atoms with Gasteiger partial charge in [0.15, 0.2) is 0 Å². The normalized spacial score (nSPS) is 11.6. The summed E-state index contributed by atoms with van der Waals surface area (Å²) in [6.45, 7) is 5.92. The van der Waals surface area contributed by atoms with Gasteiger partial charge < -0.3 is 15.4 Å². The van der Waals surface area contributed by atoms with Crippen molar-refractivity contribution < 1.29 is 24.3 Å². The lowest BCUT2D eigenvalue weighted by atomic mass is 9.95. The van der Waals surface area contributed by atoms with Crippen LogP contribution < -0.4 is 20.9 Å². The quantitative estimate of drug-likeness (QED) is 0.236. The van der Waals surface area contributed by atoms with Crippen molar-refractivity contribution in [2.24, 2.45) is 11.8 Å². The van der Waals surface area contributed by atoms with E-state index in [0.717, 1.165) is 0 Å². The molecule has 2 aromatic rings. The molecule has 0 aliphatic rings. The van der Waals surface area contributed by atoms with E-state index in [-0.39, 0.29) is 25.0 Å². The first-order valence-electron chi connectivity index (χ1n) is 9.90. The standard InChI is InChI=1S/C20H28N6O5/c1-13(2)10-16(20(29)24-30)19(28)21-8-9-26-11-15(23-25-26)12-31-18-7-5-4-6-17(18)22-14(3)27/h4-7,11,13,16,30H,8-10,12H2,1-3H3,(H,21,28)(H,22,27)(H,24,29)/t16-/m1/s1. The van der Waals surface area contributed by atoms with Crippen LogP contribution in [0.5, 0.6) is 5.75 Å². The van der Waals surface area contributed by atoms with Crippen molar-refractivity contribution in [2.45, 2.75) is 40.3 Å². The smallest absolute Gasteiger partial charge is 0.255 e. The highest BCUT2D eigenvalue weighted by Gasteiger charge is 2.26. The van der Waals surface area contributed by atoms with Crippen LogP contribution in [-0.4, -0.2) is 44.5 Å². The van der Waals surface area contributed by atoms with Gasteiger partial charge >= 0.3 is 0 Å². The molecule has 0 radical (unpaired) electrons. The molecule has 1 aromatic carbocycles. The highest BCUT2D eigenvalue weighted by Crippen LogP contribution is 2.24. The van der Waals surface area contributed by atoms with E-state index in [9.17, 15) is 14.4 Å². The molecular weight excluding hydrogens is 404 g/mol. The Morgan fingerprint density at radius 1 is 1.19 bits per heavy atom. The van der Waals surface area contributed by atoms with Crippen LogP contribution in [0.1, 0.15) is 32.9 Å². The minimum atomic E-state index is -0.964. The van der Waals surface area contributed by atoms with Crippen LogP contribution in [0.3, 0.4) is 0 Å². The number of para-hydroxylation sites is 2. The van der Waals surface area contributed by atoms with Crippen LogP contribution in [0.4, 0.5) is 5.69 Å².